The molecule has 1 aliphatic rings. The van der Waals surface area contributed by atoms with Crippen molar-refractivity contribution >= 4 is 25.3 Å². The van der Waals surface area contributed by atoms with E-state index in [0.717, 1.165) is 3.63 Å². The largest absolute Gasteiger partial charge is 1.00 e. The van der Waals surface area contributed by atoms with E-state index >= 15 is 0 Å². The molecule has 0 aromatic heterocycles. The van der Waals surface area contributed by atoms with E-state index in [1.165, 1.54) is 16.7 Å². The Kier molecular flexibility index (Phi) is 8.83. The summed E-state index contributed by atoms with van der Waals surface area (Å²) in [6.45, 7) is 14.6. The molecule has 3 rings (SSSR count). The number of hydrogen-bond acceptors (Lipinski definition) is 0. The SMILES string of the molecule is CC1=Cc2c(-c3ccc([Si](C)(C)C)cc3)cccc2[CH]1[Zr+2][Si](C)C.[Cl-].[Cl-]. The molecule has 0 heterocycles. The fourth-order valence-electron chi connectivity index (χ4n) is 3.43. The standard InChI is InChI=1S/C19H21Si.C2H6Si.2ClH.Zr/c1-14-12-16-6-5-7-18(19(16)13-14)15-8-10-17(11-9-15)20(2,3)4;1-3-2;;;/h5-13H,1-4H3;1-2H3;2*1H;/q;;;;+2/p-2. The first-order chi connectivity index (χ1) is 11.3. The van der Waals surface area contributed by atoms with Gasteiger partial charge in [0.25, 0.3) is 0 Å². The normalized spacial score (nSPS) is 15.5. The first kappa shape index (κ1) is 24.1. The first-order valence-corrected chi connectivity index (χ1v) is 19.9. The van der Waals surface area contributed by atoms with Crippen molar-refractivity contribution in [2.45, 2.75) is 43.3 Å². The van der Waals surface area contributed by atoms with Gasteiger partial charge in [-0.3, -0.25) is 0 Å². The summed E-state index contributed by atoms with van der Waals surface area (Å²) in [4.78, 5) is 0. The van der Waals surface area contributed by atoms with E-state index in [0.29, 0.717) is 0 Å². The maximum atomic E-state index is 2.50. The van der Waals surface area contributed by atoms with Gasteiger partial charge in [-0.1, -0.05) is 0 Å². The van der Waals surface area contributed by atoms with Gasteiger partial charge in [-0.15, -0.1) is 0 Å². The van der Waals surface area contributed by atoms with Gasteiger partial charge in [0.1, 0.15) is 0 Å². The van der Waals surface area contributed by atoms with E-state index in [1.807, 2.05) is 0 Å². The Morgan fingerprint density at radius 2 is 1.54 bits per heavy atom. The van der Waals surface area contributed by atoms with Crippen LogP contribution in [-0.4, -0.2) is 14.0 Å². The molecule has 2 aromatic carbocycles. The molecule has 0 amide bonds. The van der Waals surface area contributed by atoms with E-state index in [1.54, 1.807) is 16.3 Å². The average molecular weight is 498 g/mol. The van der Waals surface area contributed by atoms with Crippen molar-refractivity contribution in [3.8, 4) is 11.1 Å². The Labute approximate surface area is 184 Å². The molecule has 0 saturated carbocycles. The van der Waals surface area contributed by atoms with Crippen molar-refractivity contribution in [2.24, 2.45) is 0 Å². The van der Waals surface area contributed by atoms with Crippen molar-refractivity contribution in [3.63, 3.8) is 0 Å². The van der Waals surface area contributed by atoms with Gasteiger partial charge in [0.05, 0.1) is 0 Å². The average Bonchev–Trinajstić information content (AvgIpc) is 2.82. The summed E-state index contributed by atoms with van der Waals surface area (Å²) in [7, 11) is -1.22. The Hall–Kier alpha value is 0.0769. The van der Waals surface area contributed by atoms with Gasteiger partial charge in [-0.25, -0.2) is 0 Å². The third kappa shape index (κ3) is 5.11. The Bertz CT molecular complexity index is 778. The summed E-state index contributed by atoms with van der Waals surface area (Å²) in [5.74, 6) is -0.0564. The zero-order valence-electron chi connectivity index (χ0n) is 16.5. The van der Waals surface area contributed by atoms with Crippen molar-refractivity contribution in [1.29, 1.82) is 0 Å². The van der Waals surface area contributed by atoms with Crippen LogP contribution in [0, 0.1) is 0 Å². The molecule has 0 fully saturated rings. The molecule has 1 radical (unpaired) electrons. The van der Waals surface area contributed by atoms with Crippen LogP contribution in [0.15, 0.2) is 48.0 Å². The molecular weight excluding hydrogens is 471 g/mol. The molecular formula is C21H27Cl2Si2Zr. The maximum Gasteiger partial charge on any atom is -1.00 e. The molecule has 5 heteroatoms. The van der Waals surface area contributed by atoms with Gasteiger partial charge in [0, 0.05) is 0 Å². The van der Waals surface area contributed by atoms with Gasteiger partial charge in [0.15, 0.2) is 0 Å². The van der Waals surface area contributed by atoms with E-state index in [-0.39, 0.29) is 53.1 Å². The van der Waals surface area contributed by atoms with E-state index in [9.17, 15) is 0 Å². The van der Waals surface area contributed by atoms with Crippen molar-refractivity contribution in [1.82, 2.24) is 0 Å². The summed E-state index contributed by atoms with van der Waals surface area (Å²) in [5, 5.41) is 1.54. The second kappa shape index (κ2) is 9.52. The molecule has 1 unspecified atom stereocenters. The molecule has 0 saturated heterocycles. The van der Waals surface area contributed by atoms with Crippen LogP contribution in [0.25, 0.3) is 17.2 Å². The van der Waals surface area contributed by atoms with Crippen LogP contribution < -0.4 is 30.0 Å². The summed E-state index contributed by atoms with van der Waals surface area (Å²) in [5.41, 5.74) is 7.55. The number of hydrogen-bond donors (Lipinski definition) is 0. The summed E-state index contributed by atoms with van der Waals surface area (Å²) < 4.78 is 0.814. The fraction of sp³-hybridized carbons (Fsp3) is 0.333. The van der Waals surface area contributed by atoms with Gasteiger partial charge in [-0.2, -0.15) is 0 Å². The predicted molar refractivity (Wildman–Crippen MR) is 109 cm³/mol. The van der Waals surface area contributed by atoms with Crippen molar-refractivity contribution in [2.75, 3.05) is 0 Å². The topological polar surface area (TPSA) is 0 Å². The van der Waals surface area contributed by atoms with Gasteiger partial charge in [-0.05, 0) is 0 Å². The summed E-state index contributed by atoms with van der Waals surface area (Å²) in [6.07, 6.45) is 2.48. The molecule has 0 spiro atoms. The minimum Gasteiger partial charge on any atom is -1.00 e. The second-order valence-electron chi connectivity index (χ2n) is 8.10. The van der Waals surface area contributed by atoms with Gasteiger partial charge < -0.3 is 24.8 Å². The van der Waals surface area contributed by atoms with Crippen LogP contribution in [0.2, 0.25) is 32.7 Å². The minimum atomic E-state index is -1.22. The van der Waals surface area contributed by atoms with E-state index in [4.69, 9.17) is 0 Å². The maximum absolute atomic E-state index is 2.50. The molecule has 1 aliphatic carbocycles. The molecule has 0 bridgehead atoms. The molecule has 0 N–H and O–H groups in total. The minimum absolute atomic E-state index is 0. The molecule has 0 nitrogen and oxygen atoms in total. The third-order valence-corrected chi connectivity index (χ3v) is 16.0. The smallest absolute Gasteiger partial charge is 1.00 e. The fourth-order valence-corrected chi connectivity index (χ4v) is 13.5. The van der Waals surface area contributed by atoms with Gasteiger partial charge >= 0.3 is 161 Å². The number of halogens is 2. The van der Waals surface area contributed by atoms with Crippen LogP contribution >= 0.6 is 0 Å². The second-order valence-corrected chi connectivity index (χ2v) is 26.4. The zero-order valence-corrected chi connectivity index (χ0v) is 22.4. The first-order valence-electron chi connectivity index (χ1n) is 8.76. The van der Waals surface area contributed by atoms with Crippen LogP contribution in [0.1, 0.15) is 21.7 Å². The van der Waals surface area contributed by atoms with E-state index in [2.05, 4.69) is 88.2 Å². The monoisotopic (exact) mass is 495 g/mol. The quantitative estimate of drug-likeness (QED) is 0.509. The number of benzene rings is 2. The van der Waals surface area contributed by atoms with Crippen LogP contribution in [0.5, 0.6) is 0 Å². The Morgan fingerprint density at radius 1 is 0.923 bits per heavy atom. The number of fused-ring (bicyclic) bond motifs is 1. The van der Waals surface area contributed by atoms with E-state index < -0.39 is 8.07 Å². The molecule has 26 heavy (non-hydrogen) atoms. The van der Waals surface area contributed by atoms with Gasteiger partial charge in [0.2, 0.25) is 0 Å². The Balaban J connectivity index is 0.00000169. The number of allylic oxidation sites excluding steroid dienone is 1. The molecule has 1 atom stereocenters. The summed E-state index contributed by atoms with van der Waals surface area (Å²) >= 11 is -0.320. The molecule has 137 valence electrons. The predicted octanol–water partition coefficient (Wildman–Crippen LogP) is -0.302. The zero-order chi connectivity index (χ0) is 17.5. The van der Waals surface area contributed by atoms with Crippen molar-refractivity contribution < 1.29 is 47.2 Å². The van der Waals surface area contributed by atoms with Crippen LogP contribution in [0.3, 0.4) is 0 Å². The van der Waals surface area contributed by atoms with Crippen LogP contribution in [-0.2, 0) is 22.4 Å². The third-order valence-electron chi connectivity index (χ3n) is 4.77. The van der Waals surface area contributed by atoms with Crippen molar-refractivity contribution in [3.05, 3.63) is 59.2 Å². The summed E-state index contributed by atoms with van der Waals surface area (Å²) in [6, 6.07) is 16.4. The number of rotatable bonds is 4. The Morgan fingerprint density at radius 3 is 2.08 bits per heavy atom. The van der Waals surface area contributed by atoms with Crippen LogP contribution in [0.4, 0.5) is 0 Å². The molecule has 2 aromatic rings. The molecule has 0 aliphatic heterocycles.